The molecular weight excluding hydrogens is 286 g/mol. The Morgan fingerprint density at radius 3 is 2.89 bits per heavy atom. The lowest BCUT2D eigenvalue weighted by Crippen LogP contribution is -2.48. The molecule has 0 radical (unpaired) electrons. The molecule has 0 aromatic carbocycles. The third-order valence-electron chi connectivity index (χ3n) is 2.87. The van der Waals surface area contributed by atoms with E-state index in [1.165, 1.54) is 16.7 Å². The van der Waals surface area contributed by atoms with Gasteiger partial charge in [-0.1, -0.05) is 0 Å². The van der Waals surface area contributed by atoms with Crippen molar-refractivity contribution in [3.05, 3.63) is 10.6 Å². The van der Waals surface area contributed by atoms with E-state index in [0.29, 0.717) is 24.5 Å². The van der Waals surface area contributed by atoms with Crippen molar-refractivity contribution >= 4 is 41.0 Å². The summed E-state index contributed by atoms with van der Waals surface area (Å²) in [4.78, 5) is 24.8. The van der Waals surface area contributed by atoms with Crippen molar-refractivity contribution in [2.24, 2.45) is 0 Å². The number of thioether (sulfide) groups is 1. The van der Waals surface area contributed by atoms with Gasteiger partial charge in [-0.05, 0) is 25.6 Å². The van der Waals surface area contributed by atoms with Crippen molar-refractivity contribution in [2.45, 2.75) is 25.1 Å². The fourth-order valence-corrected chi connectivity index (χ4v) is 3.66. The van der Waals surface area contributed by atoms with E-state index < -0.39 is 5.97 Å². The van der Waals surface area contributed by atoms with Crippen molar-refractivity contribution < 1.29 is 14.7 Å². The molecule has 1 fully saturated rings. The Kier molecular flexibility index (Phi) is 4.31. The largest absolute Gasteiger partial charge is 0.477 e. The van der Waals surface area contributed by atoms with Gasteiger partial charge in [0, 0.05) is 18.0 Å². The molecule has 0 aromatic heterocycles. The number of carbonyl (C=O) groups is 2. The highest BCUT2D eigenvalue weighted by Gasteiger charge is 2.47. The third kappa shape index (κ3) is 2.84. The molecule has 6 nitrogen and oxygen atoms in total. The van der Waals surface area contributed by atoms with E-state index in [1.54, 1.807) is 0 Å². The highest BCUT2D eigenvalue weighted by molar-refractivity contribution is 8.04. The van der Waals surface area contributed by atoms with Crippen LogP contribution >= 0.6 is 24.0 Å². The van der Waals surface area contributed by atoms with Gasteiger partial charge in [-0.3, -0.25) is 9.69 Å². The first-order valence-corrected chi connectivity index (χ1v) is 7.30. The van der Waals surface area contributed by atoms with E-state index in [1.807, 2.05) is 6.92 Å². The summed E-state index contributed by atoms with van der Waals surface area (Å²) in [6, 6.07) is 0. The number of rotatable bonds is 5. The SMILES string of the molecule is CCNC(=S)NCCC1=C(C(=O)O)N2C(=O)C[C@H]2S1. The Labute approximate surface area is 120 Å². The number of fused-ring (bicyclic) bond motifs is 1. The third-order valence-corrected chi connectivity index (χ3v) is 4.49. The number of thiocarbonyl (C=S) groups is 1. The molecule has 2 aliphatic heterocycles. The van der Waals surface area contributed by atoms with Crippen LogP contribution in [0.25, 0.3) is 0 Å². The number of aliphatic carboxylic acids is 1. The summed E-state index contributed by atoms with van der Waals surface area (Å²) >= 11 is 6.49. The number of carboxylic acids is 1. The van der Waals surface area contributed by atoms with E-state index in [2.05, 4.69) is 10.6 Å². The molecule has 0 aromatic rings. The van der Waals surface area contributed by atoms with Crippen molar-refractivity contribution in [1.82, 2.24) is 15.5 Å². The Balaban J connectivity index is 1.94. The molecule has 0 unspecified atom stereocenters. The van der Waals surface area contributed by atoms with Crippen LogP contribution in [0.5, 0.6) is 0 Å². The van der Waals surface area contributed by atoms with Gasteiger partial charge in [0.05, 0.1) is 11.8 Å². The van der Waals surface area contributed by atoms with Crippen LogP contribution in [0.4, 0.5) is 0 Å². The summed E-state index contributed by atoms with van der Waals surface area (Å²) in [6.45, 7) is 3.25. The molecule has 2 rings (SSSR count). The zero-order valence-electron chi connectivity index (χ0n) is 10.4. The quantitative estimate of drug-likeness (QED) is 0.503. The fourth-order valence-electron chi connectivity index (χ4n) is 2.02. The minimum Gasteiger partial charge on any atom is -0.477 e. The standard InChI is InChI=1S/C11H15N3O3S2/c1-2-12-11(18)13-4-3-6-9(10(16)17)14-7(15)5-8(14)19-6/h8H,2-5H2,1H3,(H,16,17)(H2,12,13,18)/t8-/m1/s1. The monoisotopic (exact) mass is 301 g/mol. The molecule has 8 heteroatoms. The van der Waals surface area contributed by atoms with Crippen molar-refractivity contribution in [2.75, 3.05) is 13.1 Å². The van der Waals surface area contributed by atoms with Crippen LogP contribution in [-0.4, -0.2) is 45.5 Å². The van der Waals surface area contributed by atoms with Crippen molar-refractivity contribution in [1.29, 1.82) is 0 Å². The molecule has 0 aliphatic carbocycles. The number of hydrogen-bond acceptors (Lipinski definition) is 4. The Morgan fingerprint density at radius 2 is 2.32 bits per heavy atom. The van der Waals surface area contributed by atoms with Crippen LogP contribution in [-0.2, 0) is 9.59 Å². The first-order chi connectivity index (χ1) is 9.04. The van der Waals surface area contributed by atoms with E-state index in [4.69, 9.17) is 12.2 Å². The Hall–Kier alpha value is -1.28. The first-order valence-electron chi connectivity index (χ1n) is 6.01. The maximum atomic E-state index is 11.4. The average Bonchev–Trinajstić information content (AvgIpc) is 2.62. The van der Waals surface area contributed by atoms with Gasteiger partial charge >= 0.3 is 5.97 Å². The number of carbonyl (C=O) groups excluding carboxylic acids is 1. The van der Waals surface area contributed by atoms with E-state index >= 15 is 0 Å². The molecule has 1 atom stereocenters. The van der Waals surface area contributed by atoms with Gasteiger partial charge in [-0.25, -0.2) is 4.79 Å². The lowest BCUT2D eigenvalue weighted by atomic mass is 10.1. The van der Waals surface area contributed by atoms with Gasteiger partial charge in [0.2, 0.25) is 5.91 Å². The highest BCUT2D eigenvalue weighted by Crippen LogP contribution is 2.47. The normalized spacial score (nSPS) is 21.0. The smallest absolute Gasteiger partial charge is 0.353 e. The molecule has 3 N–H and O–H groups in total. The fraction of sp³-hybridized carbons (Fsp3) is 0.545. The van der Waals surface area contributed by atoms with Crippen LogP contribution in [0.3, 0.4) is 0 Å². The summed E-state index contributed by atoms with van der Waals surface area (Å²) in [5.74, 6) is -1.15. The summed E-state index contributed by atoms with van der Waals surface area (Å²) < 4.78 is 0. The van der Waals surface area contributed by atoms with Crippen molar-refractivity contribution in [3.8, 4) is 0 Å². The second kappa shape index (κ2) is 5.79. The lowest BCUT2D eigenvalue weighted by molar-refractivity contribution is -0.145. The van der Waals surface area contributed by atoms with Crippen LogP contribution in [0.15, 0.2) is 10.6 Å². The average molecular weight is 301 g/mol. The molecule has 104 valence electrons. The second-order valence-electron chi connectivity index (χ2n) is 4.15. The zero-order valence-corrected chi connectivity index (χ0v) is 12.1. The van der Waals surface area contributed by atoms with Gasteiger partial charge in [0.25, 0.3) is 0 Å². The molecule has 1 saturated heterocycles. The van der Waals surface area contributed by atoms with Crippen LogP contribution in [0.2, 0.25) is 0 Å². The molecule has 0 saturated carbocycles. The summed E-state index contributed by atoms with van der Waals surface area (Å²) in [5, 5.41) is 15.7. The number of amides is 1. The number of hydrogen-bond donors (Lipinski definition) is 3. The molecule has 2 heterocycles. The van der Waals surface area contributed by atoms with Crippen LogP contribution < -0.4 is 10.6 Å². The van der Waals surface area contributed by atoms with Gasteiger partial charge in [0.15, 0.2) is 5.11 Å². The lowest BCUT2D eigenvalue weighted by Gasteiger charge is -2.33. The minimum atomic E-state index is -1.03. The molecule has 19 heavy (non-hydrogen) atoms. The van der Waals surface area contributed by atoms with E-state index in [-0.39, 0.29) is 17.0 Å². The number of β-lactam (4-membered cyclic amide) rings is 1. The van der Waals surface area contributed by atoms with E-state index in [0.717, 1.165) is 11.4 Å². The van der Waals surface area contributed by atoms with Crippen molar-refractivity contribution in [3.63, 3.8) is 0 Å². The van der Waals surface area contributed by atoms with Gasteiger partial charge in [0.1, 0.15) is 5.70 Å². The maximum Gasteiger partial charge on any atom is 0.353 e. The molecule has 0 bridgehead atoms. The van der Waals surface area contributed by atoms with Gasteiger partial charge in [-0.15, -0.1) is 11.8 Å². The summed E-state index contributed by atoms with van der Waals surface area (Å²) in [7, 11) is 0. The number of nitrogens with one attached hydrogen (secondary N) is 2. The minimum absolute atomic E-state index is 0.0191. The zero-order chi connectivity index (χ0) is 14.0. The number of nitrogens with zero attached hydrogens (tertiary/aromatic N) is 1. The maximum absolute atomic E-state index is 11.4. The second-order valence-corrected chi connectivity index (χ2v) is 5.83. The molecule has 2 aliphatic rings. The molecule has 0 spiro atoms. The van der Waals surface area contributed by atoms with E-state index in [9.17, 15) is 14.7 Å². The summed E-state index contributed by atoms with van der Waals surface area (Å²) in [6.07, 6.45) is 0.978. The molecular formula is C11H15N3O3S2. The highest BCUT2D eigenvalue weighted by atomic mass is 32.2. The Morgan fingerprint density at radius 1 is 1.58 bits per heavy atom. The van der Waals surface area contributed by atoms with Crippen LogP contribution in [0, 0.1) is 0 Å². The topological polar surface area (TPSA) is 81.7 Å². The summed E-state index contributed by atoms with van der Waals surface area (Å²) in [5.41, 5.74) is 0.141. The van der Waals surface area contributed by atoms with Gasteiger partial charge in [-0.2, -0.15) is 0 Å². The number of carboxylic acid groups (broad SMARTS) is 1. The first kappa shape index (κ1) is 14.1. The predicted octanol–water partition coefficient (Wildman–Crippen LogP) is 0.462. The Bertz CT molecular complexity index is 464. The van der Waals surface area contributed by atoms with Crippen LogP contribution in [0.1, 0.15) is 19.8 Å². The molecule has 1 amide bonds. The predicted molar refractivity (Wildman–Crippen MR) is 76.4 cm³/mol. The van der Waals surface area contributed by atoms with Gasteiger partial charge < -0.3 is 15.7 Å².